The number of hydrogen-bond donors (Lipinski definition) is 2. The van der Waals surface area contributed by atoms with E-state index in [1.807, 2.05) is 13.8 Å². The normalized spacial score (nSPS) is 15.0. The Bertz CT molecular complexity index is 1360. The number of H-pyrrole nitrogens is 1. The van der Waals surface area contributed by atoms with Gasteiger partial charge < -0.3 is 10.3 Å². The van der Waals surface area contributed by atoms with Crippen LogP contribution in [0.5, 0.6) is 0 Å². The van der Waals surface area contributed by atoms with Gasteiger partial charge in [0.1, 0.15) is 11.6 Å². The SMILES string of the molecule is Cc1cc(-c2cc(F)cc3cc[nH]c23)c(C(F)(F)F)c2c1NC(C)(C)c1nnc(C)n1-2. The van der Waals surface area contributed by atoms with Crippen LogP contribution in [0, 0.1) is 19.7 Å². The quantitative estimate of drug-likeness (QED) is 0.373. The maximum absolute atomic E-state index is 14.6. The number of aromatic amines is 1. The molecule has 0 saturated carbocycles. The maximum Gasteiger partial charge on any atom is 0.419 e. The average Bonchev–Trinajstić information content (AvgIpc) is 3.27. The van der Waals surface area contributed by atoms with Gasteiger partial charge in [-0.15, -0.1) is 10.2 Å². The fourth-order valence-corrected chi connectivity index (χ4v) is 4.43. The Hall–Kier alpha value is -3.36. The molecule has 0 unspecified atom stereocenters. The van der Waals surface area contributed by atoms with Crippen molar-refractivity contribution in [2.45, 2.75) is 39.4 Å². The lowest BCUT2D eigenvalue weighted by atomic mass is 9.89. The van der Waals surface area contributed by atoms with Gasteiger partial charge in [-0.25, -0.2) is 4.39 Å². The Balaban J connectivity index is 1.96. The van der Waals surface area contributed by atoms with E-state index in [-0.39, 0.29) is 16.8 Å². The summed E-state index contributed by atoms with van der Waals surface area (Å²) in [5.41, 5.74) is -0.202. The number of nitrogens with one attached hydrogen (secondary N) is 2. The molecular weight excluding hydrogens is 410 g/mol. The molecule has 0 bridgehead atoms. The van der Waals surface area contributed by atoms with Crippen molar-refractivity contribution in [2.75, 3.05) is 5.32 Å². The molecule has 160 valence electrons. The molecule has 0 aliphatic carbocycles. The zero-order valence-electron chi connectivity index (χ0n) is 17.2. The van der Waals surface area contributed by atoms with Crippen LogP contribution in [0.2, 0.25) is 0 Å². The topological polar surface area (TPSA) is 58.5 Å². The predicted octanol–water partition coefficient (Wildman–Crippen LogP) is 5.85. The highest BCUT2D eigenvalue weighted by Crippen LogP contribution is 2.50. The lowest BCUT2D eigenvalue weighted by molar-refractivity contribution is -0.137. The van der Waals surface area contributed by atoms with E-state index >= 15 is 0 Å². The van der Waals surface area contributed by atoms with E-state index in [1.165, 1.54) is 16.7 Å². The smallest absolute Gasteiger partial charge is 0.371 e. The summed E-state index contributed by atoms with van der Waals surface area (Å²) in [5, 5.41) is 11.9. The molecule has 5 rings (SSSR count). The van der Waals surface area contributed by atoms with Gasteiger partial charge in [0.15, 0.2) is 5.82 Å². The van der Waals surface area contributed by atoms with Gasteiger partial charge in [-0.3, -0.25) is 4.57 Å². The molecule has 1 aliphatic heterocycles. The summed E-state index contributed by atoms with van der Waals surface area (Å²) in [6.45, 7) is 7.04. The first-order valence-electron chi connectivity index (χ1n) is 9.72. The second-order valence-electron chi connectivity index (χ2n) is 8.39. The highest BCUT2D eigenvalue weighted by Gasteiger charge is 2.44. The van der Waals surface area contributed by atoms with Gasteiger partial charge in [-0.2, -0.15) is 13.2 Å². The van der Waals surface area contributed by atoms with E-state index in [0.29, 0.717) is 33.8 Å². The monoisotopic (exact) mass is 429 g/mol. The van der Waals surface area contributed by atoms with E-state index in [9.17, 15) is 17.6 Å². The fourth-order valence-electron chi connectivity index (χ4n) is 4.43. The van der Waals surface area contributed by atoms with Crippen LogP contribution in [-0.2, 0) is 11.7 Å². The number of aromatic nitrogens is 4. The van der Waals surface area contributed by atoms with Crippen molar-refractivity contribution in [3.8, 4) is 16.8 Å². The fraction of sp³-hybridized carbons (Fsp3) is 0.273. The summed E-state index contributed by atoms with van der Waals surface area (Å²) in [6, 6.07) is 5.52. The Labute approximate surface area is 175 Å². The molecule has 2 aromatic carbocycles. The molecule has 0 amide bonds. The third-order valence-electron chi connectivity index (χ3n) is 5.74. The Morgan fingerprint density at radius 3 is 2.48 bits per heavy atom. The van der Waals surface area contributed by atoms with Gasteiger partial charge >= 0.3 is 6.18 Å². The summed E-state index contributed by atoms with van der Waals surface area (Å²) in [4.78, 5) is 2.95. The van der Waals surface area contributed by atoms with Crippen LogP contribution in [-0.4, -0.2) is 19.7 Å². The van der Waals surface area contributed by atoms with Gasteiger partial charge in [0.05, 0.1) is 28.0 Å². The number of alkyl halides is 3. The molecule has 3 heterocycles. The molecule has 31 heavy (non-hydrogen) atoms. The molecule has 0 fully saturated rings. The highest BCUT2D eigenvalue weighted by atomic mass is 19.4. The summed E-state index contributed by atoms with van der Waals surface area (Å²) < 4.78 is 59.7. The minimum atomic E-state index is -4.71. The van der Waals surface area contributed by atoms with E-state index in [2.05, 4.69) is 20.5 Å². The van der Waals surface area contributed by atoms with Crippen molar-refractivity contribution in [2.24, 2.45) is 0 Å². The molecule has 2 aromatic heterocycles. The van der Waals surface area contributed by atoms with Gasteiger partial charge in [0.25, 0.3) is 0 Å². The maximum atomic E-state index is 14.6. The third-order valence-corrected chi connectivity index (χ3v) is 5.74. The number of nitrogens with zero attached hydrogens (tertiary/aromatic N) is 3. The first-order chi connectivity index (χ1) is 14.5. The molecule has 1 aliphatic rings. The minimum Gasteiger partial charge on any atom is -0.371 e. The van der Waals surface area contributed by atoms with Crippen LogP contribution < -0.4 is 5.32 Å². The number of anilines is 1. The average molecular weight is 429 g/mol. The molecule has 0 spiro atoms. The van der Waals surface area contributed by atoms with E-state index in [0.717, 1.165) is 6.07 Å². The molecule has 2 N–H and O–H groups in total. The highest BCUT2D eigenvalue weighted by molar-refractivity contribution is 5.97. The van der Waals surface area contributed by atoms with E-state index < -0.39 is 23.1 Å². The zero-order valence-corrected chi connectivity index (χ0v) is 17.2. The van der Waals surface area contributed by atoms with Crippen LogP contribution in [0.3, 0.4) is 0 Å². The van der Waals surface area contributed by atoms with Crippen molar-refractivity contribution in [3.63, 3.8) is 0 Å². The van der Waals surface area contributed by atoms with E-state index in [4.69, 9.17) is 0 Å². The summed E-state index contributed by atoms with van der Waals surface area (Å²) in [6.07, 6.45) is -3.13. The molecular formula is C22H19F4N5. The van der Waals surface area contributed by atoms with Gasteiger partial charge in [0.2, 0.25) is 0 Å². The number of hydrogen-bond acceptors (Lipinski definition) is 3. The number of rotatable bonds is 1. The predicted molar refractivity (Wildman–Crippen MR) is 110 cm³/mol. The van der Waals surface area contributed by atoms with Crippen LogP contribution in [0.1, 0.15) is 36.6 Å². The first-order valence-corrected chi connectivity index (χ1v) is 9.72. The second kappa shape index (κ2) is 6.09. The summed E-state index contributed by atoms with van der Waals surface area (Å²) >= 11 is 0. The standard InChI is InChI=1S/C22H19F4N5/c1-10-7-14(15-9-13(23)8-12-5-6-27-18(12)15)16(22(24,25)26)19-17(10)28-21(3,4)20-30-29-11(2)31(19)20/h5-9,27-28H,1-4H3. The van der Waals surface area contributed by atoms with Crippen molar-refractivity contribution in [1.82, 2.24) is 19.7 Å². The molecule has 9 heteroatoms. The van der Waals surface area contributed by atoms with Crippen molar-refractivity contribution < 1.29 is 17.6 Å². The van der Waals surface area contributed by atoms with Crippen LogP contribution >= 0.6 is 0 Å². The molecule has 0 saturated heterocycles. The Morgan fingerprint density at radius 1 is 1.03 bits per heavy atom. The molecule has 5 nitrogen and oxygen atoms in total. The number of fused-ring (bicyclic) bond motifs is 4. The van der Waals surface area contributed by atoms with Crippen LogP contribution in [0.25, 0.3) is 27.7 Å². The summed E-state index contributed by atoms with van der Waals surface area (Å²) in [5.74, 6) is 0.118. The lowest BCUT2D eigenvalue weighted by Gasteiger charge is -2.37. The van der Waals surface area contributed by atoms with E-state index in [1.54, 1.807) is 26.1 Å². The number of benzene rings is 2. The Morgan fingerprint density at radius 2 is 1.77 bits per heavy atom. The number of halogens is 4. The zero-order chi connectivity index (χ0) is 22.3. The van der Waals surface area contributed by atoms with Crippen molar-refractivity contribution in [1.29, 1.82) is 0 Å². The Kier molecular flexibility index (Phi) is 3.85. The van der Waals surface area contributed by atoms with Gasteiger partial charge in [-0.05, 0) is 63.1 Å². The van der Waals surface area contributed by atoms with Gasteiger partial charge in [0, 0.05) is 17.1 Å². The minimum absolute atomic E-state index is 0.0664. The largest absolute Gasteiger partial charge is 0.419 e. The van der Waals surface area contributed by atoms with Crippen molar-refractivity contribution in [3.05, 3.63) is 59.1 Å². The molecule has 0 radical (unpaired) electrons. The number of aryl methyl sites for hydroxylation is 2. The first kappa shape index (κ1) is 19.6. The van der Waals surface area contributed by atoms with Gasteiger partial charge in [-0.1, -0.05) is 0 Å². The third kappa shape index (κ3) is 2.75. The van der Waals surface area contributed by atoms with Crippen molar-refractivity contribution >= 4 is 16.6 Å². The van der Waals surface area contributed by atoms with Crippen LogP contribution in [0.15, 0.2) is 30.5 Å². The second-order valence-corrected chi connectivity index (χ2v) is 8.39. The lowest BCUT2D eigenvalue weighted by Crippen LogP contribution is -2.37. The molecule has 0 atom stereocenters. The van der Waals surface area contributed by atoms with Crippen LogP contribution in [0.4, 0.5) is 23.2 Å². The summed E-state index contributed by atoms with van der Waals surface area (Å²) in [7, 11) is 0. The molecule has 4 aromatic rings.